The molecule has 1 aliphatic heterocycles. The number of Topliss-reactive ketones (excluding diaryl/α,β-unsaturated/α-hetero) is 1. The predicted molar refractivity (Wildman–Crippen MR) is 61.3 cm³/mol. The summed E-state index contributed by atoms with van der Waals surface area (Å²) < 4.78 is 0. The van der Waals surface area contributed by atoms with Crippen molar-refractivity contribution < 1.29 is 14.7 Å². The summed E-state index contributed by atoms with van der Waals surface area (Å²) in [7, 11) is 2.04. The fraction of sp³-hybridized carbons (Fsp3) is 0.833. The van der Waals surface area contributed by atoms with E-state index in [1.807, 2.05) is 7.05 Å². The molecule has 0 saturated carbocycles. The van der Waals surface area contributed by atoms with E-state index in [1.165, 1.54) is 0 Å². The van der Waals surface area contributed by atoms with Crippen LogP contribution in [-0.4, -0.2) is 41.9 Å². The molecule has 0 aromatic carbocycles. The Balaban J connectivity index is 2.50. The number of nitrogens with zero attached hydrogens (tertiary/aromatic N) is 1. The normalized spacial score (nSPS) is 19.7. The van der Waals surface area contributed by atoms with Crippen molar-refractivity contribution in [2.24, 2.45) is 11.3 Å². The number of aliphatic carboxylic acids is 1. The smallest absolute Gasteiger partial charge is 0.309 e. The summed E-state index contributed by atoms with van der Waals surface area (Å²) in [5.41, 5.74) is -0.930. The van der Waals surface area contributed by atoms with Crippen LogP contribution in [0.15, 0.2) is 0 Å². The number of carbonyl (C=O) groups is 2. The summed E-state index contributed by atoms with van der Waals surface area (Å²) >= 11 is 0. The van der Waals surface area contributed by atoms with Crippen LogP contribution in [0.3, 0.4) is 0 Å². The van der Waals surface area contributed by atoms with E-state index in [1.54, 1.807) is 13.8 Å². The number of rotatable bonds is 4. The van der Waals surface area contributed by atoms with E-state index in [-0.39, 0.29) is 18.1 Å². The zero-order valence-electron chi connectivity index (χ0n) is 10.3. The molecule has 1 aliphatic rings. The average Bonchev–Trinajstić information content (AvgIpc) is 2.17. The first-order chi connectivity index (χ1) is 7.33. The van der Waals surface area contributed by atoms with E-state index in [2.05, 4.69) is 4.90 Å². The number of piperidine rings is 1. The SMILES string of the molecule is CN1CCC(C(=O)CC(C)(C)C(=O)O)CC1. The third kappa shape index (κ3) is 3.30. The van der Waals surface area contributed by atoms with Crippen LogP contribution in [0.2, 0.25) is 0 Å². The summed E-state index contributed by atoms with van der Waals surface area (Å²) in [5.74, 6) is -0.718. The van der Waals surface area contributed by atoms with Crippen LogP contribution in [0.5, 0.6) is 0 Å². The van der Waals surface area contributed by atoms with Crippen LogP contribution < -0.4 is 0 Å². The molecule has 0 aliphatic carbocycles. The van der Waals surface area contributed by atoms with Gasteiger partial charge < -0.3 is 10.0 Å². The standard InChI is InChI=1S/C12H21NO3/c1-12(2,11(15)16)8-10(14)9-4-6-13(3)7-5-9/h9H,4-8H2,1-3H3,(H,15,16). The summed E-state index contributed by atoms with van der Waals surface area (Å²) in [6.45, 7) is 5.10. The second-order valence-corrected chi connectivity index (χ2v) is 5.41. The second kappa shape index (κ2) is 4.95. The molecule has 1 rings (SSSR count). The van der Waals surface area contributed by atoms with Gasteiger partial charge in [-0.2, -0.15) is 0 Å². The number of hydrogen-bond acceptors (Lipinski definition) is 3. The first-order valence-electron chi connectivity index (χ1n) is 5.77. The molecule has 1 saturated heterocycles. The Hall–Kier alpha value is -0.900. The minimum atomic E-state index is -0.930. The number of ketones is 1. The fourth-order valence-electron chi connectivity index (χ4n) is 1.99. The van der Waals surface area contributed by atoms with Crippen molar-refractivity contribution >= 4 is 11.8 Å². The van der Waals surface area contributed by atoms with Crippen LogP contribution in [0.1, 0.15) is 33.1 Å². The van der Waals surface area contributed by atoms with Crippen molar-refractivity contribution in [3.8, 4) is 0 Å². The Kier molecular flexibility index (Phi) is 4.08. The maximum Gasteiger partial charge on any atom is 0.309 e. The van der Waals surface area contributed by atoms with Gasteiger partial charge in [0, 0.05) is 12.3 Å². The number of carbonyl (C=O) groups excluding carboxylic acids is 1. The Bertz CT molecular complexity index is 278. The molecule has 1 heterocycles. The van der Waals surface area contributed by atoms with E-state index >= 15 is 0 Å². The lowest BCUT2D eigenvalue weighted by atomic mass is 9.81. The van der Waals surface area contributed by atoms with Crippen LogP contribution in [0.4, 0.5) is 0 Å². The van der Waals surface area contributed by atoms with Gasteiger partial charge in [-0.25, -0.2) is 0 Å². The van der Waals surface area contributed by atoms with Crippen LogP contribution in [0.25, 0.3) is 0 Å². The Labute approximate surface area is 96.6 Å². The van der Waals surface area contributed by atoms with Crippen LogP contribution >= 0.6 is 0 Å². The molecular formula is C12H21NO3. The predicted octanol–water partition coefficient (Wildman–Crippen LogP) is 1.40. The second-order valence-electron chi connectivity index (χ2n) is 5.41. The highest BCUT2D eigenvalue weighted by Crippen LogP contribution is 2.26. The van der Waals surface area contributed by atoms with Crippen molar-refractivity contribution in [2.45, 2.75) is 33.1 Å². The summed E-state index contributed by atoms with van der Waals surface area (Å²) in [6, 6.07) is 0. The topological polar surface area (TPSA) is 57.6 Å². The van der Waals surface area contributed by atoms with Crippen LogP contribution in [0, 0.1) is 11.3 Å². The van der Waals surface area contributed by atoms with Crippen molar-refractivity contribution in [3.05, 3.63) is 0 Å². The van der Waals surface area contributed by atoms with Gasteiger partial charge >= 0.3 is 5.97 Å². The number of carboxylic acids is 1. The zero-order chi connectivity index (χ0) is 12.3. The van der Waals surface area contributed by atoms with Gasteiger partial charge in [-0.05, 0) is 46.8 Å². The van der Waals surface area contributed by atoms with E-state index in [0.29, 0.717) is 0 Å². The molecule has 0 aromatic heterocycles. The highest BCUT2D eigenvalue weighted by Gasteiger charge is 2.33. The zero-order valence-corrected chi connectivity index (χ0v) is 10.3. The van der Waals surface area contributed by atoms with Gasteiger partial charge in [0.15, 0.2) is 0 Å². The minimum absolute atomic E-state index is 0.0647. The first-order valence-corrected chi connectivity index (χ1v) is 5.77. The van der Waals surface area contributed by atoms with Gasteiger partial charge in [0.05, 0.1) is 5.41 Å². The largest absolute Gasteiger partial charge is 0.481 e. The Morgan fingerprint density at radius 3 is 2.25 bits per heavy atom. The molecule has 1 fully saturated rings. The third-order valence-electron chi connectivity index (χ3n) is 3.37. The van der Waals surface area contributed by atoms with Crippen molar-refractivity contribution in [1.29, 1.82) is 0 Å². The molecular weight excluding hydrogens is 206 g/mol. The van der Waals surface area contributed by atoms with Gasteiger partial charge in [-0.15, -0.1) is 0 Å². The first kappa shape index (κ1) is 13.2. The fourth-order valence-corrected chi connectivity index (χ4v) is 1.99. The van der Waals surface area contributed by atoms with Crippen molar-refractivity contribution in [1.82, 2.24) is 4.90 Å². The van der Waals surface area contributed by atoms with Crippen molar-refractivity contribution in [3.63, 3.8) is 0 Å². The molecule has 0 amide bonds. The lowest BCUT2D eigenvalue weighted by Gasteiger charge is -2.29. The molecule has 0 aromatic rings. The molecule has 16 heavy (non-hydrogen) atoms. The quantitative estimate of drug-likeness (QED) is 0.788. The summed E-state index contributed by atoms with van der Waals surface area (Å²) in [5, 5.41) is 8.97. The lowest BCUT2D eigenvalue weighted by molar-refractivity contribution is -0.150. The van der Waals surface area contributed by atoms with Gasteiger partial charge in [-0.1, -0.05) is 0 Å². The molecule has 0 atom stereocenters. The molecule has 0 unspecified atom stereocenters. The minimum Gasteiger partial charge on any atom is -0.481 e. The molecule has 4 heteroatoms. The number of likely N-dealkylation sites (tertiary alicyclic amines) is 1. The highest BCUT2D eigenvalue weighted by atomic mass is 16.4. The van der Waals surface area contributed by atoms with Gasteiger partial charge in [0.25, 0.3) is 0 Å². The van der Waals surface area contributed by atoms with Crippen LogP contribution in [-0.2, 0) is 9.59 Å². The Morgan fingerprint density at radius 1 is 1.31 bits per heavy atom. The average molecular weight is 227 g/mol. The van der Waals surface area contributed by atoms with Crippen molar-refractivity contribution in [2.75, 3.05) is 20.1 Å². The van der Waals surface area contributed by atoms with E-state index in [0.717, 1.165) is 25.9 Å². The maximum absolute atomic E-state index is 11.9. The lowest BCUT2D eigenvalue weighted by Crippen LogP contribution is -2.36. The monoisotopic (exact) mass is 227 g/mol. The van der Waals surface area contributed by atoms with E-state index in [4.69, 9.17) is 5.11 Å². The summed E-state index contributed by atoms with van der Waals surface area (Å²) in [6.07, 6.45) is 1.88. The molecule has 4 nitrogen and oxygen atoms in total. The van der Waals surface area contributed by atoms with Gasteiger partial charge in [-0.3, -0.25) is 9.59 Å². The summed E-state index contributed by atoms with van der Waals surface area (Å²) in [4.78, 5) is 25.1. The third-order valence-corrected chi connectivity index (χ3v) is 3.37. The molecule has 0 bridgehead atoms. The highest BCUT2D eigenvalue weighted by molar-refractivity contribution is 5.87. The van der Waals surface area contributed by atoms with Gasteiger partial charge in [0.2, 0.25) is 0 Å². The van der Waals surface area contributed by atoms with Gasteiger partial charge in [0.1, 0.15) is 5.78 Å². The molecule has 0 spiro atoms. The Morgan fingerprint density at radius 2 is 1.81 bits per heavy atom. The molecule has 92 valence electrons. The maximum atomic E-state index is 11.9. The van der Waals surface area contributed by atoms with E-state index in [9.17, 15) is 9.59 Å². The molecule has 0 radical (unpaired) electrons. The van der Waals surface area contributed by atoms with E-state index < -0.39 is 11.4 Å². The number of carboxylic acid groups (broad SMARTS) is 1. The number of hydrogen-bond donors (Lipinski definition) is 1. The molecule has 1 N–H and O–H groups in total.